The molecule has 6 nitrogen and oxygen atoms in total. The molecular weight excluding hydrogens is 260 g/mol. The van der Waals surface area contributed by atoms with Crippen molar-refractivity contribution in [3.8, 4) is 5.69 Å². The molecule has 0 aliphatic rings. The number of hydrogen-bond acceptors (Lipinski definition) is 3. The molecule has 0 atom stereocenters. The van der Waals surface area contributed by atoms with E-state index >= 15 is 0 Å². The third kappa shape index (κ3) is 2.69. The molecule has 0 bridgehead atoms. The van der Waals surface area contributed by atoms with Gasteiger partial charge in [0.2, 0.25) is 0 Å². The van der Waals surface area contributed by atoms with E-state index in [2.05, 4.69) is 0 Å². The molecule has 0 amide bonds. The zero-order chi connectivity index (χ0) is 14.9. The summed E-state index contributed by atoms with van der Waals surface area (Å²) >= 11 is 0. The van der Waals surface area contributed by atoms with Gasteiger partial charge < -0.3 is 5.11 Å². The van der Waals surface area contributed by atoms with Crippen LogP contribution < -0.4 is 11.1 Å². The molecule has 2 rings (SSSR count). The molecule has 0 fully saturated rings. The van der Waals surface area contributed by atoms with Gasteiger partial charge in [0.05, 0.1) is 0 Å². The number of aliphatic carboxylic acids is 1. The number of carboxylic acid groups (broad SMARTS) is 1. The summed E-state index contributed by atoms with van der Waals surface area (Å²) in [7, 11) is 0. The van der Waals surface area contributed by atoms with Gasteiger partial charge in [0, 0.05) is 18.1 Å². The highest BCUT2D eigenvalue weighted by Crippen LogP contribution is 2.11. The summed E-state index contributed by atoms with van der Waals surface area (Å²) in [4.78, 5) is 34.5. The molecule has 0 saturated carbocycles. The van der Waals surface area contributed by atoms with Gasteiger partial charge in [-0.3, -0.25) is 23.5 Å². The fourth-order valence-corrected chi connectivity index (χ4v) is 2.07. The second kappa shape index (κ2) is 5.16. The van der Waals surface area contributed by atoms with Crippen molar-refractivity contribution in [3.05, 3.63) is 62.4 Å². The van der Waals surface area contributed by atoms with Crippen LogP contribution in [0.1, 0.15) is 11.1 Å². The maximum Gasteiger partial charge on any atom is 0.323 e. The van der Waals surface area contributed by atoms with Gasteiger partial charge in [-0.2, -0.15) is 0 Å². The minimum absolute atomic E-state index is 0.526. The lowest BCUT2D eigenvalue weighted by molar-refractivity contribution is -0.137. The van der Waals surface area contributed by atoms with Crippen LogP contribution in [0.5, 0.6) is 0 Å². The average Bonchev–Trinajstić information content (AvgIpc) is 2.33. The van der Waals surface area contributed by atoms with Gasteiger partial charge in [0.15, 0.2) is 0 Å². The predicted octanol–water partition coefficient (Wildman–Crippen LogP) is 0.701. The van der Waals surface area contributed by atoms with Crippen molar-refractivity contribution in [1.82, 2.24) is 9.13 Å². The normalized spacial score (nSPS) is 10.5. The number of aryl methyl sites for hydroxylation is 2. The summed E-state index contributed by atoms with van der Waals surface area (Å²) in [6.07, 6.45) is 2.70. The van der Waals surface area contributed by atoms with E-state index in [1.807, 2.05) is 19.9 Å². The van der Waals surface area contributed by atoms with Crippen molar-refractivity contribution < 1.29 is 9.90 Å². The minimum atomic E-state index is -1.17. The predicted molar refractivity (Wildman–Crippen MR) is 73.4 cm³/mol. The van der Waals surface area contributed by atoms with Crippen molar-refractivity contribution >= 4 is 5.97 Å². The molecule has 0 radical (unpaired) electrons. The van der Waals surface area contributed by atoms with Crippen LogP contribution in [0.4, 0.5) is 0 Å². The van der Waals surface area contributed by atoms with Crippen LogP contribution in [0.15, 0.2) is 40.2 Å². The standard InChI is InChI=1S/C14H14N2O4/c1-9-5-10(2)7-11(6-9)16-4-3-15(8-12(17)18)13(19)14(16)20/h3-7H,8H2,1-2H3,(H,17,18). The maximum absolute atomic E-state index is 12.0. The average molecular weight is 274 g/mol. The fraction of sp³-hybridized carbons (Fsp3) is 0.214. The van der Waals surface area contributed by atoms with Gasteiger partial charge in [-0.25, -0.2) is 0 Å². The Labute approximate surface area is 114 Å². The number of hydrogen-bond donors (Lipinski definition) is 1. The lowest BCUT2D eigenvalue weighted by atomic mass is 10.1. The molecule has 0 saturated heterocycles. The van der Waals surface area contributed by atoms with Crippen LogP contribution >= 0.6 is 0 Å². The smallest absolute Gasteiger partial charge is 0.323 e. The second-order valence-electron chi connectivity index (χ2n) is 4.65. The van der Waals surface area contributed by atoms with E-state index in [0.717, 1.165) is 15.7 Å². The highest BCUT2D eigenvalue weighted by molar-refractivity contribution is 5.66. The van der Waals surface area contributed by atoms with Gasteiger partial charge in [-0.05, 0) is 37.1 Å². The van der Waals surface area contributed by atoms with Gasteiger partial charge in [-0.15, -0.1) is 0 Å². The Morgan fingerprint density at radius 1 is 1.05 bits per heavy atom. The van der Waals surface area contributed by atoms with Gasteiger partial charge in [0.1, 0.15) is 6.54 Å². The molecule has 1 aromatic heterocycles. The Morgan fingerprint density at radius 3 is 2.20 bits per heavy atom. The van der Waals surface area contributed by atoms with E-state index in [1.165, 1.54) is 17.0 Å². The highest BCUT2D eigenvalue weighted by atomic mass is 16.4. The van der Waals surface area contributed by atoms with E-state index in [4.69, 9.17) is 5.11 Å². The number of nitrogens with zero attached hydrogens (tertiary/aromatic N) is 2. The SMILES string of the molecule is Cc1cc(C)cc(-n2ccn(CC(=O)O)c(=O)c2=O)c1. The lowest BCUT2D eigenvalue weighted by Crippen LogP contribution is -2.41. The van der Waals surface area contributed by atoms with Crippen molar-refractivity contribution in [2.75, 3.05) is 0 Å². The lowest BCUT2D eigenvalue weighted by Gasteiger charge is -2.09. The molecule has 0 aliphatic heterocycles. The largest absolute Gasteiger partial charge is 0.480 e. The minimum Gasteiger partial charge on any atom is -0.480 e. The van der Waals surface area contributed by atoms with E-state index in [0.29, 0.717) is 5.69 Å². The van der Waals surface area contributed by atoms with E-state index in [9.17, 15) is 14.4 Å². The topological polar surface area (TPSA) is 81.3 Å². The molecule has 20 heavy (non-hydrogen) atoms. The summed E-state index contributed by atoms with van der Waals surface area (Å²) in [5.74, 6) is -1.17. The first-order valence-corrected chi connectivity index (χ1v) is 6.01. The van der Waals surface area contributed by atoms with Crippen LogP contribution in [0.3, 0.4) is 0 Å². The molecule has 1 N–H and O–H groups in total. The third-order valence-corrected chi connectivity index (χ3v) is 2.85. The van der Waals surface area contributed by atoms with Gasteiger partial charge in [-0.1, -0.05) is 6.07 Å². The quantitative estimate of drug-likeness (QED) is 0.835. The number of aromatic nitrogens is 2. The Hall–Kier alpha value is -2.63. The van der Waals surface area contributed by atoms with Crippen molar-refractivity contribution in [1.29, 1.82) is 0 Å². The molecule has 6 heteroatoms. The van der Waals surface area contributed by atoms with E-state index < -0.39 is 23.6 Å². The van der Waals surface area contributed by atoms with E-state index in [-0.39, 0.29) is 0 Å². The van der Waals surface area contributed by atoms with Crippen LogP contribution in [0.25, 0.3) is 5.69 Å². The number of carbonyl (C=O) groups is 1. The monoisotopic (exact) mass is 274 g/mol. The molecule has 0 spiro atoms. The Morgan fingerprint density at radius 2 is 1.65 bits per heavy atom. The summed E-state index contributed by atoms with van der Waals surface area (Å²) in [5, 5.41) is 8.67. The van der Waals surface area contributed by atoms with Gasteiger partial charge >= 0.3 is 17.1 Å². The van der Waals surface area contributed by atoms with Crippen molar-refractivity contribution in [3.63, 3.8) is 0 Å². The summed E-state index contributed by atoms with van der Waals surface area (Å²) in [5.41, 5.74) is 0.920. The third-order valence-electron chi connectivity index (χ3n) is 2.85. The molecule has 1 heterocycles. The fourth-order valence-electron chi connectivity index (χ4n) is 2.07. The highest BCUT2D eigenvalue weighted by Gasteiger charge is 2.09. The van der Waals surface area contributed by atoms with Gasteiger partial charge in [0.25, 0.3) is 0 Å². The number of carboxylic acids is 1. The Kier molecular flexibility index (Phi) is 3.56. The molecule has 0 unspecified atom stereocenters. The summed E-state index contributed by atoms with van der Waals surface area (Å²) in [6.45, 7) is 3.27. The molecule has 1 aromatic carbocycles. The van der Waals surface area contributed by atoms with Crippen LogP contribution in [0, 0.1) is 13.8 Å². The number of benzene rings is 1. The number of rotatable bonds is 3. The zero-order valence-corrected chi connectivity index (χ0v) is 11.2. The zero-order valence-electron chi connectivity index (χ0n) is 11.2. The van der Waals surface area contributed by atoms with Crippen molar-refractivity contribution in [2.45, 2.75) is 20.4 Å². The van der Waals surface area contributed by atoms with E-state index in [1.54, 1.807) is 12.1 Å². The van der Waals surface area contributed by atoms with Crippen LogP contribution in [-0.2, 0) is 11.3 Å². The maximum atomic E-state index is 12.0. The van der Waals surface area contributed by atoms with Crippen molar-refractivity contribution in [2.24, 2.45) is 0 Å². The van der Waals surface area contributed by atoms with Crippen LogP contribution in [0.2, 0.25) is 0 Å². The molecular formula is C14H14N2O4. The summed E-state index contributed by atoms with van der Waals surface area (Å²) < 4.78 is 2.10. The Balaban J connectivity index is 2.60. The first kappa shape index (κ1) is 13.8. The summed E-state index contributed by atoms with van der Waals surface area (Å²) in [6, 6.07) is 5.53. The van der Waals surface area contributed by atoms with Crippen LogP contribution in [-0.4, -0.2) is 20.2 Å². The molecule has 2 aromatic rings. The first-order chi connectivity index (χ1) is 9.38. The molecule has 0 aliphatic carbocycles. The second-order valence-corrected chi connectivity index (χ2v) is 4.65. The molecule has 104 valence electrons. The Bertz CT molecular complexity index is 766. The first-order valence-electron chi connectivity index (χ1n) is 6.01.